The molecule has 6 heteroatoms. The molecule has 0 saturated heterocycles. The summed E-state index contributed by atoms with van der Waals surface area (Å²) in [5.41, 5.74) is 2.96. The van der Waals surface area contributed by atoms with Gasteiger partial charge in [0.05, 0.1) is 12.8 Å². The SMILES string of the molecule is COc1ccc(C)cc1Nc1cc(Nc2ccc(Br)cc2)ncn1. The molecular formula is C18H17BrN4O. The number of aryl methyl sites for hydroxylation is 1. The van der Waals surface area contributed by atoms with E-state index in [0.717, 1.165) is 27.2 Å². The zero-order chi connectivity index (χ0) is 16.9. The average molecular weight is 385 g/mol. The van der Waals surface area contributed by atoms with Crippen LogP contribution in [0.3, 0.4) is 0 Å². The molecule has 122 valence electrons. The number of ether oxygens (including phenoxy) is 1. The van der Waals surface area contributed by atoms with Crippen LogP contribution in [0, 0.1) is 6.92 Å². The van der Waals surface area contributed by atoms with Crippen molar-refractivity contribution in [2.45, 2.75) is 6.92 Å². The minimum Gasteiger partial charge on any atom is -0.495 e. The summed E-state index contributed by atoms with van der Waals surface area (Å²) < 4.78 is 6.42. The Morgan fingerprint density at radius 2 is 1.62 bits per heavy atom. The highest BCUT2D eigenvalue weighted by molar-refractivity contribution is 9.10. The van der Waals surface area contributed by atoms with Crippen molar-refractivity contribution in [3.63, 3.8) is 0 Å². The van der Waals surface area contributed by atoms with Crippen molar-refractivity contribution in [3.8, 4) is 5.75 Å². The predicted molar refractivity (Wildman–Crippen MR) is 100 cm³/mol. The monoisotopic (exact) mass is 384 g/mol. The molecule has 5 nitrogen and oxygen atoms in total. The molecule has 0 fully saturated rings. The number of nitrogens with zero attached hydrogens (tertiary/aromatic N) is 2. The van der Waals surface area contributed by atoms with Crippen LogP contribution in [0.5, 0.6) is 5.75 Å². The fourth-order valence-electron chi connectivity index (χ4n) is 2.23. The Balaban J connectivity index is 1.80. The molecule has 1 heterocycles. The lowest BCUT2D eigenvalue weighted by molar-refractivity contribution is 0.416. The number of anilines is 4. The van der Waals surface area contributed by atoms with Gasteiger partial charge in [-0.15, -0.1) is 0 Å². The predicted octanol–water partition coefficient (Wildman–Crippen LogP) is 5.04. The first-order valence-corrected chi connectivity index (χ1v) is 8.19. The van der Waals surface area contributed by atoms with Gasteiger partial charge >= 0.3 is 0 Å². The minimum atomic E-state index is 0.688. The lowest BCUT2D eigenvalue weighted by Crippen LogP contribution is -2.00. The Kier molecular flexibility index (Phi) is 4.96. The molecule has 0 aliphatic heterocycles. The Labute approximate surface area is 149 Å². The van der Waals surface area contributed by atoms with Crippen molar-refractivity contribution < 1.29 is 4.74 Å². The summed E-state index contributed by atoms with van der Waals surface area (Å²) in [5, 5.41) is 6.53. The molecule has 0 atom stereocenters. The largest absolute Gasteiger partial charge is 0.495 e. The van der Waals surface area contributed by atoms with Gasteiger partial charge in [0.1, 0.15) is 23.7 Å². The standard InChI is InChI=1S/C18H17BrN4O/c1-12-3-8-16(24-2)15(9-12)23-18-10-17(20-11-21-18)22-14-6-4-13(19)5-7-14/h3-11H,1-2H3,(H2,20,21,22,23). The number of nitrogens with one attached hydrogen (secondary N) is 2. The summed E-state index contributed by atoms with van der Waals surface area (Å²) in [6.45, 7) is 2.03. The van der Waals surface area contributed by atoms with Gasteiger partial charge < -0.3 is 15.4 Å². The highest BCUT2D eigenvalue weighted by Crippen LogP contribution is 2.28. The van der Waals surface area contributed by atoms with Gasteiger partial charge in [0.25, 0.3) is 0 Å². The van der Waals surface area contributed by atoms with Crippen LogP contribution < -0.4 is 15.4 Å². The summed E-state index contributed by atoms with van der Waals surface area (Å²) in [4.78, 5) is 8.52. The molecule has 1 aromatic heterocycles. The summed E-state index contributed by atoms with van der Waals surface area (Å²) in [6.07, 6.45) is 1.52. The van der Waals surface area contributed by atoms with Gasteiger partial charge in [-0.05, 0) is 48.9 Å². The van der Waals surface area contributed by atoms with Crippen LogP contribution in [-0.4, -0.2) is 17.1 Å². The van der Waals surface area contributed by atoms with E-state index in [1.54, 1.807) is 7.11 Å². The summed E-state index contributed by atoms with van der Waals surface area (Å²) >= 11 is 3.42. The molecule has 0 saturated carbocycles. The van der Waals surface area contributed by atoms with Gasteiger partial charge in [-0.2, -0.15) is 0 Å². The Morgan fingerprint density at radius 1 is 0.917 bits per heavy atom. The lowest BCUT2D eigenvalue weighted by Gasteiger charge is -2.12. The van der Waals surface area contributed by atoms with Crippen molar-refractivity contribution in [1.82, 2.24) is 9.97 Å². The van der Waals surface area contributed by atoms with E-state index in [-0.39, 0.29) is 0 Å². The van der Waals surface area contributed by atoms with Crippen molar-refractivity contribution in [2.24, 2.45) is 0 Å². The molecular weight excluding hydrogens is 368 g/mol. The molecule has 0 radical (unpaired) electrons. The van der Waals surface area contributed by atoms with E-state index in [1.165, 1.54) is 6.33 Å². The molecule has 0 spiro atoms. The normalized spacial score (nSPS) is 10.3. The molecule has 2 aromatic carbocycles. The first-order valence-electron chi connectivity index (χ1n) is 7.40. The van der Waals surface area contributed by atoms with Crippen LogP contribution in [0.15, 0.2) is 59.3 Å². The van der Waals surface area contributed by atoms with Gasteiger partial charge in [0.2, 0.25) is 0 Å². The molecule has 3 aromatic rings. The highest BCUT2D eigenvalue weighted by atomic mass is 79.9. The number of hydrogen-bond donors (Lipinski definition) is 2. The maximum atomic E-state index is 5.38. The number of benzene rings is 2. The fourth-order valence-corrected chi connectivity index (χ4v) is 2.50. The Morgan fingerprint density at radius 3 is 2.33 bits per heavy atom. The van der Waals surface area contributed by atoms with E-state index in [1.807, 2.05) is 55.5 Å². The van der Waals surface area contributed by atoms with Crippen LogP contribution in [0.1, 0.15) is 5.56 Å². The second kappa shape index (κ2) is 7.31. The molecule has 0 amide bonds. The van der Waals surface area contributed by atoms with E-state index >= 15 is 0 Å². The van der Waals surface area contributed by atoms with Gasteiger partial charge in [-0.25, -0.2) is 9.97 Å². The van der Waals surface area contributed by atoms with Gasteiger partial charge in [-0.1, -0.05) is 22.0 Å². The minimum absolute atomic E-state index is 0.688. The van der Waals surface area contributed by atoms with Crippen LogP contribution in [0.2, 0.25) is 0 Å². The van der Waals surface area contributed by atoms with Gasteiger partial charge in [-0.3, -0.25) is 0 Å². The lowest BCUT2D eigenvalue weighted by atomic mass is 10.2. The molecule has 2 N–H and O–H groups in total. The molecule has 0 unspecified atom stereocenters. The van der Waals surface area contributed by atoms with Gasteiger partial charge in [0, 0.05) is 16.2 Å². The maximum absolute atomic E-state index is 5.38. The van der Waals surface area contributed by atoms with Crippen LogP contribution in [0.4, 0.5) is 23.0 Å². The number of hydrogen-bond acceptors (Lipinski definition) is 5. The third kappa shape index (κ3) is 4.02. The van der Waals surface area contributed by atoms with Crippen molar-refractivity contribution in [3.05, 3.63) is 64.9 Å². The first kappa shape index (κ1) is 16.3. The second-order valence-electron chi connectivity index (χ2n) is 5.25. The molecule has 0 aliphatic rings. The highest BCUT2D eigenvalue weighted by Gasteiger charge is 2.06. The number of methoxy groups -OCH3 is 1. The van der Waals surface area contributed by atoms with E-state index in [4.69, 9.17) is 4.74 Å². The third-order valence-electron chi connectivity index (χ3n) is 3.40. The van der Waals surface area contributed by atoms with Crippen molar-refractivity contribution >= 4 is 38.9 Å². The van der Waals surface area contributed by atoms with E-state index in [0.29, 0.717) is 11.6 Å². The van der Waals surface area contributed by atoms with E-state index in [9.17, 15) is 0 Å². The molecule has 0 bridgehead atoms. The fraction of sp³-hybridized carbons (Fsp3) is 0.111. The first-order chi connectivity index (χ1) is 11.6. The quantitative estimate of drug-likeness (QED) is 0.644. The topological polar surface area (TPSA) is 59.1 Å². The van der Waals surface area contributed by atoms with Crippen LogP contribution >= 0.6 is 15.9 Å². The molecule has 3 rings (SSSR count). The van der Waals surface area contributed by atoms with Gasteiger partial charge in [0.15, 0.2) is 0 Å². The zero-order valence-corrected chi connectivity index (χ0v) is 15.0. The molecule has 24 heavy (non-hydrogen) atoms. The number of rotatable bonds is 5. The second-order valence-corrected chi connectivity index (χ2v) is 6.16. The van der Waals surface area contributed by atoms with E-state index < -0.39 is 0 Å². The summed E-state index contributed by atoms with van der Waals surface area (Å²) in [7, 11) is 1.65. The summed E-state index contributed by atoms with van der Waals surface area (Å²) in [6, 6.07) is 15.7. The number of aromatic nitrogens is 2. The average Bonchev–Trinajstić information content (AvgIpc) is 2.58. The van der Waals surface area contributed by atoms with Crippen LogP contribution in [0.25, 0.3) is 0 Å². The van der Waals surface area contributed by atoms with Crippen LogP contribution in [-0.2, 0) is 0 Å². The van der Waals surface area contributed by atoms with Crippen molar-refractivity contribution in [1.29, 1.82) is 0 Å². The zero-order valence-electron chi connectivity index (χ0n) is 13.4. The summed E-state index contributed by atoms with van der Waals surface area (Å²) in [5.74, 6) is 2.16. The number of halogens is 1. The maximum Gasteiger partial charge on any atom is 0.142 e. The smallest absolute Gasteiger partial charge is 0.142 e. The van der Waals surface area contributed by atoms with Crippen molar-refractivity contribution in [2.75, 3.05) is 17.7 Å². The third-order valence-corrected chi connectivity index (χ3v) is 3.93. The Bertz CT molecular complexity index is 837. The Hall–Kier alpha value is -2.60. The van der Waals surface area contributed by atoms with E-state index in [2.05, 4.69) is 36.5 Å². The molecule has 0 aliphatic carbocycles.